The second-order valence-corrected chi connectivity index (χ2v) is 5.42. The maximum Gasteiger partial charge on any atom is 0.341 e. The summed E-state index contributed by atoms with van der Waals surface area (Å²) in [5.74, 6) is -0.317. The third-order valence-corrected chi connectivity index (χ3v) is 3.68. The predicted octanol–water partition coefficient (Wildman–Crippen LogP) is 1.26. The van der Waals surface area contributed by atoms with E-state index in [1.807, 2.05) is 7.05 Å². The van der Waals surface area contributed by atoms with Crippen LogP contribution in [-0.4, -0.2) is 41.1 Å². The molecular formula is C14H23N3O3. The fraction of sp³-hybridized carbons (Fsp3) is 0.714. The molecule has 1 atom stereocenters. The molecule has 20 heavy (non-hydrogen) atoms. The zero-order valence-corrected chi connectivity index (χ0v) is 12.4. The highest BCUT2D eigenvalue weighted by molar-refractivity contribution is 5.90. The van der Waals surface area contributed by atoms with E-state index in [0.29, 0.717) is 25.3 Å². The Labute approximate surface area is 119 Å². The number of rotatable bonds is 5. The average Bonchev–Trinajstić information content (AvgIpc) is 2.79. The summed E-state index contributed by atoms with van der Waals surface area (Å²) < 4.78 is 12.3. The predicted molar refractivity (Wildman–Crippen MR) is 74.5 cm³/mol. The van der Waals surface area contributed by atoms with E-state index in [2.05, 4.69) is 17.3 Å². The topological polar surface area (TPSA) is 65.4 Å². The van der Waals surface area contributed by atoms with Gasteiger partial charge in [0.25, 0.3) is 0 Å². The van der Waals surface area contributed by atoms with Crippen molar-refractivity contribution in [3.8, 4) is 0 Å². The van der Waals surface area contributed by atoms with Gasteiger partial charge in [0, 0.05) is 25.7 Å². The Balaban J connectivity index is 2.05. The van der Waals surface area contributed by atoms with Crippen LogP contribution >= 0.6 is 0 Å². The van der Waals surface area contributed by atoms with Crippen molar-refractivity contribution in [2.45, 2.75) is 38.8 Å². The number of esters is 1. The molecule has 1 aliphatic rings. The van der Waals surface area contributed by atoms with E-state index in [-0.39, 0.29) is 11.5 Å². The van der Waals surface area contributed by atoms with Crippen LogP contribution in [0.1, 0.15) is 42.7 Å². The molecule has 1 aromatic heterocycles. The fourth-order valence-electron chi connectivity index (χ4n) is 2.42. The number of nitrogens with zero attached hydrogens (tertiary/aromatic N) is 2. The van der Waals surface area contributed by atoms with Gasteiger partial charge in [0.05, 0.1) is 25.1 Å². The molecule has 1 N–H and O–H groups in total. The summed E-state index contributed by atoms with van der Waals surface area (Å²) in [4.78, 5) is 11.9. The number of ether oxygens (including phenoxy) is 2. The highest BCUT2D eigenvalue weighted by atomic mass is 16.5. The Morgan fingerprint density at radius 1 is 1.65 bits per heavy atom. The van der Waals surface area contributed by atoms with Gasteiger partial charge in [-0.15, -0.1) is 0 Å². The molecule has 0 radical (unpaired) electrons. The summed E-state index contributed by atoms with van der Waals surface area (Å²) in [7, 11) is 1.83. The van der Waals surface area contributed by atoms with Crippen LogP contribution < -0.4 is 5.32 Å². The van der Waals surface area contributed by atoms with Crippen molar-refractivity contribution in [2.75, 3.05) is 19.8 Å². The lowest BCUT2D eigenvalue weighted by atomic mass is 9.95. The Kier molecular flexibility index (Phi) is 4.77. The van der Waals surface area contributed by atoms with Crippen LogP contribution in [0.15, 0.2) is 6.20 Å². The van der Waals surface area contributed by atoms with E-state index in [4.69, 9.17) is 9.47 Å². The number of hydrogen-bond donors (Lipinski definition) is 1. The van der Waals surface area contributed by atoms with Gasteiger partial charge in [-0.05, 0) is 26.7 Å². The van der Waals surface area contributed by atoms with Crippen molar-refractivity contribution < 1.29 is 14.3 Å². The SMILES string of the molecule is CCOC(=O)c1cnn(C)c1CNC1(C)CCCOC1. The zero-order valence-electron chi connectivity index (χ0n) is 12.4. The molecule has 0 saturated carbocycles. The number of hydrogen-bond acceptors (Lipinski definition) is 5. The smallest absolute Gasteiger partial charge is 0.341 e. The lowest BCUT2D eigenvalue weighted by Crippen LogP contribution is -2.48. The number of carbonyl (C=O) groups is 1. The molecule has 1 aliphatic heterocycles. The standard InChI is InChI=1S/C14H23N3O3/c1-4-20-13(18)11-8-16-17(3)12(11)9-15-14(2)6-5-7-19-10-14/h8,15H,4-7,9-10H2,1-3H3. The first-order valence-electron chi connectivity index (χ1n) is 7.06. The minimum Gasteiger partial charge on any atom is -0.462 e. The van der Waals surface area contributed by atoms with Crippen molar-refractivity contribution in [3.05, 3.63) is 17.5 Å². The van der Waals surface area contributed by atoms with Gasteiger partial charge in [-0.1, -0.05) is 0 Å². The lowest BCUT2D eigenvalue weighted by Gasteiger charge is -2.34. The quantitative estimate of drug-likeness (QED) is 0.823. The molecule has 0 aromatic carbocycles. The number of carbonyl (C=O) groups excluding carboxylic acids is 1. The highest BCUT2D eigenvalue weighted by Gasteiger charge is 2.28. The molecule has 1 aromatic rings. The van der Waals surface area contributed by atoms with Crippen molar-refractivity contribution >= 4 is 5.97 Å². The summed E-state index contributed by atoms with van der Waals surface area (Å²) in [6.45, 7) is 6.41. The zero-order chi connectivity index (χ0) is 14.6. The Hall–Kier alpha value is -1.40. The van der Waals surface area contributed by atoms with Gasteiger partial charge in [-0.25, -0.2) is 4.79 Å². The Morgan fingerprint density at radius 2 is 2.45 bits per heavy atom. The van der Waals surface area contributed by atoms with Crippen LogP contribution in [0.3, 0.4) is 0 Å². The van der Waals surface area contributed by atoms with Gasteiger partial charge in [0.15, 0.2) is 0 Å². The van der Waals surface area contributed by atoms with Crippen molar-refractivity contribution in [3.63, 3.8) is 0 Å². The van der Waals surface area contributed by atoms with Gasteiger partial charge in [0.2, 0.25) is 0 Å². The molecule has 1 fully saturated rings. The average molecular weight is 281 g/mol. The van der Waals surface area contributed by atoms with Gasteiger partial charge in [0.1, 0.15) is 5.56 Å². The molecular weight excluding hydrogens is 258 g/mol. The molecule has 2 rings (SSSR count). The fourth-order valence-corrected chi connectivity index (χ4v) is 2.42. The summed E-state index contributed by atoms with van der Waals surface area (Å²) in [5.41, 5.74) is 1.33. The van der Waals surface area contributed by atoms with Gasteiger partial charge >= 0.3 is 5.97 Å². The Bertz CT molecular complexity index is 464. The van der Waals surface area contributed by atoms with Gasteiger partial charge in [-0.2, -0.15) is 5.10 Å². The van der Waals surface area contributed by atoms with Crippen LogP contribution in [0.4, 0.5) is 0 Å². The van der Waals surface area contributed by atoms with E-state index in [1.54, 1.807) is 17.8 Å². The normalized spacial score (nSPS) is 22.8. The van der Waals surface area contributed by atoms with Gasteiger partial charge in [-0.3, -0.25) is 4.68 Å². The van der Waals surface area contributed by atoms with E-state index < -0.39 is 0 Å². The van der Waals surface area contributed by atoms with Crippen LogP contribution in [0, 0.1) is 0 Å². The number of aryl methyl sites for hydroxylation is 1. The maximum atomic E-state index is 11.9. The molecule has 6 nitrogen and oxygen atoms in total. The van der Waals surface area contributed by atoms with Gasteiger partial charge < -0.3 is 14.8 Å². The highest BCUT2D eigenvalue weighted by Crippen LogP contribution is 2.19. The first-order chi connectivity index (χ1) is 9.56. The minimum absolute atomic E-state index is 0.0472. The maximum absolute atomic E-state index is 11.9. The third-order valence-electron chi connectivity index (χ3n) is 3.68. The number of aromatic nitrogens is 2. The summed E-state index contributed by atoms with van der Waals surface area (Å²) in [6.07, 6.45) is 3.69. The molecule has 0 spiro atoms. The monoisotopic (exact) mass is 281 g/mol. The molecule has 6 heteroatoms. The van der Waals surface area contributed by atoms with Crippen molar-refractivity contribution in [1.82, 2.24) is 15.1 Å². The first-order valence-corrected chi connectivity index (χ1v) is 7.06. The van der Waals surface area contributed by atoms with Crippen LogP contribution in [0.2, 0.25) is 0 Å². The second-order valence-electron chi connectivity index (χ2n) is 5.42. The molecule has 2 heterocycles. The molecule has 0 aliphatic carbocycles. The van der Waals surface area contributed by atoms with E-state index in [0.717, 1.165) is 25.1 Å². The minimum atomic E-state index is -0.317. The molecule has 1 unspecified atom stereocenters. The van der Waals surface area contributed by atoms with Crippen LogP contribution in [0.25, 0.3) is 0 Å². The summed E-state index contributed by atoms with van der Waals surface area (Å²) >= 11 is 0. The molecule has 0 bridgehead atoms. The number of nitrogens with one attached hydrogen (secondary N) is 1. The third kappa shape index (κ3) is 3.37. The van der Waals surface area contributed by atoms with E-state index >= 15 is 0 Å². The van der Waals surface area contributed by atoms with Crippen molar-refractivity contribution in [1.29, 1.82) is 0 Å². The first kappa shape index (κ1) is 15.0. The molecule has 0 amide bonds. The summed E-state index contributed by atoms with van der Waals surface area (Å²) in [6, 6.07) is 0. The van der Waals surface area contributed by atoms with Crippen LogP contribution in [-0.2, 0) is 23.1 Å². The second kappa shape index (κ2) is 6.37. The Morgan fingerprint density at radius 3 is 3.10 bits per heavy atom. The molecule has 112 valence electrons. The van der Waals surface area contributed by atoms with Crippen molar-refractivity contribution in [2.24, 2.45) is 7.05 Å². The molecule has 1 saturated heterocycles. The van der Waals surface area contributed by atoms with Crippen LogP contribution in [0.5, 0.6) is 0 Å². The summed E-state index contributed by atoms with van der Waals surface area (Å²) in [5, 5.41) is 7.64. The lowest BCUT2D eigenvalue weighted by molar-refractivity contribution is 0.0274. The largest absolute Gasteiger partial charge is 0.462 e. The van der Waals surface area contributed by atoms with E-state index in [9.17, 15) is 4.79 Å². The van der Waals surface area contributed by atoms with E-state index in [1.165, 1.54) is 0 Å².